The van der Waals surface area contributed by atoms with E-state index in [-0.39, 0.29) is 0 Å². The molecule has 0 aliphatic carbocycles. The Morgan fingerprint density at radius 2 is 1.61 bits per heavy atom. The lowest BCUT2D eigenvalue weighted by Crippen LogP contribution is -1.90. The normalized spacial score (nSPS) is 12.4. The average molecular weight is 236 g/mol. The van der Waals surface area contributed by atoms with Gasteiger partial charge in [-0.05, 0) is 42.3 Å². The number of nitrogens with zero attached hydrogens (tertiary/aromatic N) is 1. The maximum atomic E-state index is 3.30. The summed E-state index contributed by atoms with van der Waals surface area (Å²) in [6, 6.07) is 18.7. The Morgan fingerprint density at radius 3 is 2.50 bits per heavy atom. The van der Waals surface area contributed by atoms with E-state index in [0.29, 0.717) is 0 Å². The van der Waals surface area contributed by atoms with Crippen LogP contribution in [0.1, 0.15) is 5.56 Å². The summed E-state index contributed by atoms with van der Waals surface area (Å²) < 4.78 is 2.08. The standard InChI is InChI=1S/C8H7N.C8H9N/c1-2-6-9-7-3-5-8(9)4-1;1-2-4-8-7(3-1)5-6-9-8/h1-7H;1-4,9H,5-6H2. The minimum absolute atomic E-state index is 1.11. The van der Waals surface area contributed by atoms with E-state index in [1.807, 2.05) is 30.6 Å². The zero-order chi connectivity index (χ0) is 12.2. The molecule has 0 saturated heterocycles. The molecule has 3 heterocycles. The minimum atomic E-state index is 1.11. The van der Waals surface area contributed by atoms with Gasteiger partial charge in [0.2, 0.25) is 0 Å². The Morgan fingerprint density at radius 1 is 0.833 bits per heavy atom. The molecule has 4 rings (SSSR count). The van der Waals surface area contributed by atoms with E-state index in [1.54, 1.807) is 0 Å². The maximum Gasteiger partial charge on any atom is 0.0449 e. The number of para-hydroxylation sites is 1. The topological polar surface area (TPSA) is 16.4 Å². The molecular weight excluding hydrogens is 220 g/mol. The molecule has 1 N–H and O–H groups in total. The van der Waals surface area contributed by atoms with E-state index in [2.05, 4.69) is 46.1 Å². The lowest BCUT2D eigenvalue weighted by atomic mass is 10.2. The zero-order valence-corrected chi connectivity index (χ0v) is 10.2. The van der Waals surface area contributed by atoms with Crippen LogP contribution in [0, 0.1) is 0 Å². The largest absolute Gasteiger partial charge is 0.384 e. The molecule has 0 unspecified atom stereocenters. The average Bonchev–Trinajstić information content (AvgIpc) is 3.08. The number of benzene rings is 1. The van der Waals surface area contributed by atoms with E-state index in [9.17, 15) is 0 Å². The number of anilines is 1. The van der Waals surface area contributed by atoms with E-state index in [1.165, 1.54) is 23.2 Å². The van der Waals surface area contributed by atoms with Crippen LogP contribution < -0.4 is 5.32 Å². The van der Waals surface area contributed by atoms with Crippen LogP contribution in [0.5, 0.6) is 0 Å². The first-order chi connectivity index (χ1) is 8.93. The van der Waals surface area contributed by atoms with Crippen molar-refractivity contribution in [3.63, 3.8) is 0 Å². The van der Waals surface area contributed by atoms with Gasteiger partial charge in [-0.25, -0.2) is 0 Å². The van der Waals surface area contributed by atoms with Crippen molar-refractivity contribution in [1.29, 1.82) is 0 Å². The van der Waals surface area contributed by atoms with Crippen LogP contribution >= 0.6 is 0 Å². The van der Waals surface area contributed by atoms with Crippen molar-refractivity contribution >= 4 is 11.2 Å². The number of nitrogens with one attached hydrogen (secondary N) is 1. The SMILES string of the molecule is c1ccc2c(c1)CCN2.c1ccn2cccc2c1. The molecule has 1 aliphatic rings. The summed E-state index contributed by atoms with van der Waals surface area (Å²) in [5.41, 5.74) is 4.02. The highest BCUT2D eigenvalue weighted by atomic mass is 14.9. The fourth-order valence-corrected chi connectivity index (χ4v) is 2.22. The smallest absolute Gasteiger partial charge is 0.0449 e. The van der Waals surface area contributed by atoms with Gasteiger partial charge in [0.15, 0.2) is 0 Å². The number of pyridine rings is 1. The van der Waals surface area contributed by atoms with Gasteiger partial charge in [0.25, 0.3) is 0 Å². The van der Waals surface area contributed by atoms with Gasteiger partial charge in [-0.3, -0.25) is 0 Å². The van der Waals surface area contributed by atoms with Gasteiger partial charge in [0.05, 0.1) is 0 Å². The number of hydrogen-bond donors (Lipinski definition) is 1. The Hall–Kier alpha value is -2.22. The van der Waals surface area contributed by atoms with Crippen molar-refractivity contribution in [1.82, 2.24) is 4.40 Å². The van der Waals surface area contributed by atoms with E-state index in [0.717, 1.165) is 6.54 Å². The third kappa shape index (κ3) is 2.23. The monoisotopic (exact) mass is 236 g/mol. The molecule has 2 nitrogen and oxygen atoms in total. The highest BCUT2D eigenvalue weighted by molar-refractivity contribution is 5.54. The highest BCUT2D eigenvalue weighted by Crippen LogP contribution is 2.19. The molecular formula is C16H16N2. The molecule has 2 aromatic heterocycles. The molecule has 0 fully saturated rings. The molecule has 1 aliphatic heterocycles. The second-order valence-corrected chi connectivity index (χ2v) is 4.37. The predicted molar refractivity (Wildman–Crippen MR) is 76.0 cm³/mol. The number of rotatable bonds is 0. The highest BCUT2D eigenvalue weighted by Gasteiger charge is 2.05. The first-order valence-electron chi connectivity index (χ1n) is 6.27. The van der Waals surface area contributed by atoms with Gasteiger partial charge in [-0.15, -0.1) is 0 Å². The molecule has 0 radical (unpaired) electrons. The van der Waals surface area contributed by atoms with E-state index < -0.39 is 0 Å². The summed E-state index contributed by atoms with van der Waals surface area (Å²) >= 11 is 0. The van der Waals surface area contributed by atoms with Gasteiger partial charge in [0, 0.05) is 30.1 Å². The first kappa shape index (κ1) is 10.9. The minimum Gasteiger partial charge on any atom is -0.384 e. The van der Waals surface area contributed by atoms with Crippen LogP contribution in [0.2, 0.25) is 0 Å². The summed E-state index contributed by atoms with van der Waals surface area (Å²) in [7, 11) is 0. The quantitative estimate of drug-likeness (QED) is 0.631. The molecule has 0 saturated carbocycles. The molecule has 18 heavy (non-hydrogen) atoms. The van der Waals surface area contributed by atoms with Crippen molar-refractivity contribution < 1.29 is 0 Å². The summed E-state index contributed by atoms with van der Waals surface area (Å²) in [4.78, 5) is 0. The van der Waals surface area contributed by atoms with Gasteiger partial charge in [0.1, 0.15) is 0 Å². The van der Waals surface area contributed by atoms with Crippen LogP contribution in [0.25, 0.3) is 5.52 Å². The number of fused-ring (bicyclic) bond motifs is 2. The molecule has 2 heteroatoms. The lowest BCUT2D eigenvalue weighted by Gasteiger charge is -1.94. The summed E-state index contributed by atoms with van der Waals surface area (Å²) in [5, 5.41) is 3.30. The number of hydrogen-bond acceptors (Lipinski definition) is 1. The Labute approximate surface area is 107 Å². The predicted octanol–water partition coefficient (Wildman–Crippen LogP) is 3.59. The Kier molecular flexibility index (Phi) is 3.01. The summed E-state index contributed by atoms with van der Waals surface area (Å²) in [5.74, 6) is 0. The number of aromatic nitrogens is 1. The Balaban J connectivity index is 0.000000111. The maximum absolute atomic E-state index is 3.30. The molecule has 0 spiro atoms. The molecule has 90 valence electrons. The van der Waals surface area contributed by atoms with Crippen molar-refractivity contribution in [2.75, 3.05) is 11.9 Å². The van der Waals surface area contributed by atoms with E-state index >= 15 is 0 Å². The second kappa shape index (κ2) is 4.96. The van der Waals surface area contributed by atoms with Crippen LogP contribution in [-0.2, 0) is 6.42 Å². The third-order valence-corrected chi connectivity index (χ3v) is 3.16. The molecule has 1 aromatic carbocycles. The van der Waals surface area contributed by atoms with Gasteiger partial charge in [-0.1, -0.05) is 24.3 Å². The van der Waals surface area contributed by atoms with Crippen LogP contribution in [0.15, 0.2) is 67.0 Å². The van der Waals surface area contributed by atoms with Crippen molar-refractivity contribution in [3.8, 4) is 0 Å². The van der Waals surface area contributed by atoms with Gasteiger partial charge < -0.3 is 9.72 Å². The van der Waals surface area contributed by atoms with Crippen molar-refractivity contribution in [3.05, 3.63) is 72.6 Å². The van der Waals surface area contributed by atoms with E-state index in [4.69, 9.17) is 0 Å². The van der Waals surface area contributed by atoms with Crippen LogP contribution in [-0.4, -0.2) is 10.9 Å². The van der Waals surface area contributed by atoms with Crippen LogP contribution in [0.4, 0.5) is 5.69 Å². The second-order valence-electron chi connectivity index (χ2n) is 4.37. The molecule has 0 amide bonds. The lowest BCUT2D eigenvalue weighted by molar-refractivity contribution is 1.11. The van der Waals surface area contributed by atoms with Crippen molar-refractivity contribution in [2.45, 2.75) is 6.42 Å². The fourth-order valence-electron chi connectivity index (χ4n) is 2.22. The summed E-state index contributed by atoms with van der Waals surface area (Å²) in [6.07, 6.45) is 5.26. The first-order valence-corrected chi connectivity index (χ1v) is 6.27. The van der Waals surface area contributed by atoms with Gasteiger partial charge >= 0.3 is 0 Å². The van der Waals surface area contributed by atoms with Crippen molar-refractivity contribution in [2.24, 2.45) is 0 Å². The summed E-state index contributed by atoms with van der Waals surface area (Å²) in [6.45, 7) is 1.11. The molecule has 0 atom stereocenters. The fraction of sp³-hybridized carbons (Fsp3) is 0.125. The molecule has 3 aromatic rings. The van der Waals surface area contributed by atoms with Crippen LogP contribution in [0.3, 0.4) is 0 Å². The van der Waals surface area contributed by atoms with Gasteiger partial charge in [-0.2, -0.15) is 0 Å². The third-order valence-electron chi connectivity index (χ3n) is 3.16. The Bertz CT molecular complexity index is 587. The molecule has 0 bridgehead atoms. The zero-order valence-electron chi connectivity index (χ0n) is 10.2.